The fourth-order valence-corrected chi connectivity index (χ4v) is 2.84. The Hall–Kier alpha value is -3.26. The lowest BCUT2D eigenvalue weighted by atomic mass is 10.0. The molecular weight excluding hydrogens is 438 g/mol. The van der Waals surface area contributed by atoms with E-state index in [-0.39, 0.29) is 27.7 Å². The fourth-order valence-electron chi connectivity index (χ4n) is 2.62. The third-order valence-electron chi connectivity index (χ3n) is 3.94. The number of aromatic nitrogens is 3. The van der Waals surface area contributed by atoms with Gasteiger partial charge in [-0.25, -0.2) is 5.10 Å². The Balaban J connectivity index is 1.94. The van der Waals surface area contributed by atoms with Gasteiger partial charge in [0, 0.05) is 16.1 Å². The average molecular weight is 447 g/mol. The SMILES string of the molecule is N#Cc1[nH]nnc1-c1cc(Cl)cc(OCc2cc(C(F)(F)F)ccc2C(F)(F)F)c1. The molecule has 0 aliphatic heterocycles. The number of benzene rings is 2. The third kappa shape index (κ3) is 4.65. The summed E-state index contributed by atoms with van der Waals surface area (Å²) < 4.78 is 83.6. The standard InChI is InChI=1S/C18H9ClF6N4O/c19-12-4-9(16-15(7-26)27-29-28-16)5-13(6-12)30-8-10-3-11(17(20,21)22)1-2-14(10)18(23,24)25/h1-6H,8H2,(H,27,28,29). The maximum atomic E-state index is 13.2. The predicted octanol–water partition coefficient (Wildman–Crippen LogP) is 5.61. The number of nitriles is 1. The van der Waals surface area contributed by atoms with Crippen LogP contribution in [0.1, 0.15) is 22.4 Å². The summed E-state index contributed by atoms with van der Waals surface area (Å²) in [4.78, 5) is 0. The van der Waals surface area contributed by atoms with Gasteiger partial charge in [0.05, 0.1) is 11.1 Å². The van der Waals surface area contributed by atoms with Crippen molar-refractivity contribution in [1.82, 2.24) is 15.4 Å². The number of aromatic amines is 1. The smallest absolute Gasteiger partial charge is 0.416 e. The second-order valence-corrected chi connectivity index (χ2v) is 6.42. The van der Waals surface area contributed by atoms with Gasteiger partial charge in [0.15, 0.2) is 5.69 Å². The molecule has 156 valence electrons. The Morgan fingerprint density at radius 2 is 1.77 bits per heavy atom. The molecule has 3 aromatic rings. The van der Waals surface area contributed by atoms with Crippen molar-refractivity contribution < 1.29 is 31.1 Å². The van der Waals surface area contributed by atoms with Crippen LogP contribution in [0, 0.1) is 11.3 Å². The lowest BCUT2D eigenvalue weighted by Crippen LogP contribution is -2.14. The average Bonchev–Trinajstić information content (AvgIpc) is 3.13. The summed E-state index contributed by atoms with van der Waals surface area (Å²) in [6.07, 6.45) is -9.69. The highest BCUT2D eigenvalue weighted by Gasteiger charge is 2.37. The van der Waals surface area contributed by atoms with Crippen LogP contribution in [0.25, 0.3) is 11.3 Å². The van der Waals surface area contributed by atoms with E-state index in [9.17, 15) is 26.3 Å². The van der Waals surface area contributed by atoms with E-state index in [1.54, 1.807) is 0 Å². The molecule has 1 N–H and O–H groups in total. The van der Waals surface area contributed by atoms with E-state index < -0.39 is 35.6 Å². The van der Waals surface area contributed by atoms with Crippen LogP contribution in [0.15, 0.2) is 36.4 Å². The molecule has 0 fully saturated rings. The molecular formula is C18H9ClF6N4O. The Morgan fingerprint density at radius 1 is 1.03 bits per heavy atom. The Morgan fingerprint density at radius 3 is 2.40 bits per heavy atom. The molecule has 0 aliphatic rings. The number of halogens is 7. The van der Waals surface area contributed by atoms with Crippen LogP contribution in [0.2, 0.25) is 5.02 Å². The molecule has 0 spiro atoms. The Bertz CT molecular complexity index is 1120. The molecule has 0 saturated carbocycles. The normalized spacial score (nSPS) is 11.9. The molecule has 0 saturated heterocycles. The monoisotopic (exact) mass is 446 g/mol. The summed E-state index contributed by atoms with van der Waals surface area (Å²) in [7, 11) is 0. The largest absolute Gasteiger partial charge is 0.489 e. The number of H-pyrrole nitrogens is 1. The zero-order valence-corrected chi connectivity index (χ0v) is 15.3. The van der Waals surface area contributed by atoms with E-state index in [1.807, 2.05) is 6.07 Å². The van der Waals surface area contributed by atoms with Crippen molar-refractivity contribution in [1.29, 1.82) is 5.26 Å². The molecule has 0 unspecified atom stereocenters. The number of hydrogen-bond acceptors (Lipinski definition) is 4. The second-order valence-electron chi connectivity index (χ2n) is 5.98. The molecule has 1 heterocycles. The minimum atomic E-state index is -4.87. The molecule has 0 atom stereocenters. The lowest BCUT2D eigenvalue weighted by Gasteiger charge is -2.16. The summed E-state index contributed by atoms with van der Waals surface area (Å²) >= 11 is 5.98. The second kappa shape index (κ2) is 7.87. The Labute approximate surface area is 169 Å². The molecule has 0 radical (unpaired) electrons. The maximum Gasteiger partial charge on any atom is 0.416 e. The highest BCUT2D eigenvalue weighted by Crippen LogP contribution is 2.37. The highest BCUT2D eigenvalue weighted by molar-refractivity contribution is 6.31. The van der Waals surface area contributed by atoms with Crippen LogP contribution in [-0.4, -0.2) is 15.4 Å². The van der Waals surface area contributed by atoms with Gasteiger partial charge < -0.3 is 4.74 Å². The zero-order chi connectivity index (χ0) is 22.1. The van der Waals surface area contributed by atoms with Crippen LogP contribution in [0.4, 0.5) is 26.3 Å². The molecule has 5 nitrogen and oxygen atoms in total. The summed E-state index contributed by atoms with van der Waals surface area (Å²) in [5, 5.41) is 18.7. The van der Waals surface area contributed by atoms with E-state index in [4.69, 9.17) is 21.6 Å². The molecule has 1 aromatic heterocycles. The first kappa shape index (κ1) is 21.4. The van der Waals surface area contributed by atoms with Crippen molar-refractivity contribution in [3.63, 3.8) is 0 Å². The summed E-state index contributed by atoms with van der Waals surface area (Å²) in [5.74, 6) is -0.0325. The van der Waals surface area contributed by atoms with Gasteiger partial charge >= 0.3 is 12.4 Å². The summed E-state index contributed by atoms with van der Waals surface area (Å²) in [5.41, 5.74) is -2.76. The lowest BCUT2D eigenvalue weighted by molar-refractivity contribution is -0.142. The van der Waals surface area contributed by atoms with Crippen molar-refractivity contribution in [3.05, 3.63) is 63.8 Å². The van der Waals surface area contributed by atoms with Crippen LogP contribution < -0.4 is 4.74 Å². The highest BCUT2D eigenvalue weighted by atomic mass is 35.5. The molecule has 3 rings (SSSR count). The first-order chi connectivity index (χ1) is 14.0. The topological polar surface area (TPSA) is 74.6 Å². The van der Waals surface area contributed by atoms with E-state index in [0.29, 0.717) is 18.2 Å². The number of nitrogens with zero attached hydrogens (tertiary/aromatic N) is 3. The van der Waals surface area contributed by atoms with Crippen LogP contribution in [0.3, 0.4) is 0 Å². The molecule has 2 aromatic carbocycles. The fraction of sp³-hybridized carbons (Fsp3) is 0.167. The van der Waals surface area contributed by atoms with Crippen molar-refractivity contribution in [2.75, 3.05) is 0 Å². The van der Waals surface area contributed by atoms with E-state index in [0.717, 1.165) is 0 Å². The molecule has 0 aliphatic carbocycles. The molecule has 0 bridgehead atoms. The number of hydrogen-bond donors (Lipinski definition) is 1. The van der Waals surface area contributed by atoms with Crippen LogP contribution in [-0.2, 0) is 19.0 Å². The van der Waals surface area contributed by atoms with Gasteiger partial charge in [0.25, 0.3) is 0 Å². The Kier molecular flexibility index (Phi) is 5.63. The molecule has 12 heteroatoms. The van der Waals surface area contributed by atoms with Gasteiger partial charge in [-0.05, 0) is 36.4 Å². The summed E-state index contributed by atoms with van der Waals surface area (Å²) in [6.45, 7) is -0.803. The first-order valence-corrected chi connectivity index (χ1v) is 8.39. The van der Waals surface area contributed by atoms with Crippen molar-refractivity contribution in [3.8, 4) is 23.1 Å². The van der Waals surface area contributed by atoms with Crippen LogP contribution >= 0.6 is 11.6 Å². The van der Waals surface area contributed by atoms with Gasteiger partial charge in [-0.15, -0.1) is 5.10 Å². The number of nitrogens with one attached hydrogen (secondary N) is 1. The van der Waals surface area contributed by atoms with Gasteiger partial charge in [-0.3, -0.25) is 0 Å². The van der Waals surface area contributed by atoms with Gasteiger partial charge in [-0.2, -0.15) is 31.6 Å². The van der Waals surface area contributed by atoms with Gasteiger partial charge in [-0.1, -0.05) is 16.8 Å². The first-order valence-electron chi connectivity index (χ1n) is 8.01. The quantitative estimate of drug-likeness (QED) is 0.528. The van der Waals surface area contributed by atoms with Crippen molar-refractivity contribution >= 4 is 11.6 Å². The molecule has 30 heavy (non-hydrogen) atoms. The minimum Gasteiger partial charge on any atom is -0.489 e. The minimum absolute atomic E-state index is 0.0143. The third-order valence-corrected chi connectivity index (χ3v) is 4.16. The number of alkyl halides is 6. The van der Waals surface area contributed by atoms with E-state index in [2.05, 4.69) is 15.4 Å². The van der Waals surface area contributed by atoms with Gasteiger partial charge in [0.1, 0.15) is 24.1 Å². The van der Waals surface area contributed by atoms with E-state index >= 15 is 0 Å². The predicted molar refractivity (Wildman–Crippen MR) is 92.3 cm³/mol. The maximum absolute atomic E-state index is 13.2. The van der Waals surface area contributed by atoms with Crippen molar-refractivity contribution in [2.24, 2.45) is 0 Å². The zero-order valence-electron chi connectivity index (χ0n) is 14.6. The number of rotatable bonds is 4. The van der Waals surface area contributed by atoms with Gasteiger partial charge in [0.2, 0.25) is 0 Å². The molecule has 0 amide bonds. The van der Waals surface area contributed by atoms with Crippen LogP contribution in [0.5, 0.6) is 5.75 Å². The van der Waals surface area contributed by atoms with E-state index in [1.165, 1.54) is 18.2 Å². The summed E-state index contributed by atoms with van der Waals surface area (Å²) in [6, 6.07) is 6.93. The number of ether oxygens (including phenoxy) is 1. The van der Waals surface area contributed by atoms with Crippen molar-refractivity contribution in [2.45, 2.75) is 19.0 Å².